The second-order valence-electron chi connectivity index (χ2n) is 6.58. The Labute approximate surface area is 173 Å². The average Bonchev–Trinajstić information content (AvgIpc) is 3.21. The van der Waals surface area contributed by atoms with Gasteiger partial charge in [0.2, 0.25) is 5.91 Å². The molecule has 8 heteroatoms. The Kier molecular flexibility index (Phi) is 5.62. The van der Waals surface area contributed by atoms with Crippen LogP contribution in [0.15, 0.2) is 42.6 Å². The third-order valence-corrected chi connectivity index (χ3v) is 5.88. The fraction of sp³-hybridized carbons (Fsp3) is 0.286. The minimum Gasteiger partial charge on any atom is -0.493 e. The van der Waals surface area contributed by atoms with E-state index in [4.69, 9.17) is 9.47 Å². The highest BCUT2D eigenvalue weighted by molar-refractivity contribution is 7.21. The SMILES string of the molecule is COc1ccc(/C=C/C(=O)N2CCN(c3nc4cccnc4s3)CC2)cc1OC. The zero-order valence-electron chi connectivity index (χ0n) is 16.4. The van der Waals surface area contributed by atoms with E-state index < -0.39 is 0 Å². The first-order valence-electron chi connectivity index (χ1n) is 9.33. The van der Waals surface area contributed by atoms with Gasteiger partial charge >= 0.3 is 0 Å². The number of benzene rings is 1. The van der Waals surface area contributed by atoms with E-state index >= 15 is 0 Å². The maximum Gasteiger partial charge on any atom is 0.246 e. The lowest BCUT2D eigenvalue weighted by atomic mass is 10.2. The lowest BCUT2D eigenvalue weighted by molar-refractivity contribution is -0.126. The molecular formula is C21H22N4O3S. The number of anilines is 1. The van der Waals surface area contributed by atoms with Gasteiger partial charge in [-0.15, -0.1) is 0 Å². The number of pyridine rings is 1. The van der Waals surface area contributed by atoms with E-state index in [1.54, 1.807) is 43.9 Å². The second kappa shape index (κ2) is 8.48. The smallest absolute Gasteiger partial charge is 0.246 e. The number of methoxy groups -OCH3 is 2. The molecule has 3 heterocycles. The molecule has 29 heavy (non-hydrogen) atoms. The summed E-state index contributed by atoms with van der Waals surface area (Å²) in [6.07, 6.45) is 5.19. The third-order valence-electron chi connectivity index (χ3n) is 4.84. The molecule has 150 valence electrons. The Bertz CT molecular complexity index is 1010. The van der Waals surface area contributed by atoms with E-state index in [2.05, 4.69) is 14.9 Å². The van der Waals surface area contributed by atoms with Gasteiger partial charge in [0.1, 0.15) is 10.3 Å². The first-order valence-corrected chi connectivity index (χ1v) is 10.1. The minimum atomic E-state index is 0.00500. The molecule has 1 aliphatic heterocycles. The number of aromatic nitrogens is 2. The highest BCUT2D eigenvalue weighted by Gasteiger charge is 2.22. The summed E-state index contributed by atoms with van der Waals surface area (Å²) < 4.78 is 10.5. The topological polar surface area (TPSA) is 67.8 Å². The van der Waals surface area contributed by atoms with E-state index in [9.17, 15) is 4.79 Å². The molecule has 4 rings (SSSR count). The van der Waals surface area contributed by atoms with Crippen molar-refractivity contribution in [3.8, 4) is 11.5 Å². The second-order valence-corrected chi connectivity index (χ2v) is 7.54. The molecule has 0 saturated carbocycles. The van der Waals surface area contributed by atoms with Crippen LogP contribution in [0.4, 0.5) is 5.13 Å². The molecule has 1 saturated heterocycles. The van der Waals surface area contributed by atoms with Gasteiger partial charge in [-0.25, -0.2) is 9.97 Å². The monoisotopic (exact) mass is 410 g/mol. The fourth-order valence-corrected chi connectivity index (χ4v) is 4.20. The molecule has 3 aromatic rings. The van der Waals surface area contributed by atoms with Crippen LogP contribution in [0, 0.1) is 0 Å². The summed E-state index contributed by atoms with van der Waals surface area (Å²) in [4.78, 5) is 26.6. The number of carbonyl (C=O) groups is 1. The van der Waals surface area contributed by atoms with Crippen molar-refractivity contribution < 1.29 is 14.3 Å². The van der Waals surface area contributed by atoms with Gasteiger partial charge in [0.15, 0.2) is 16.6 Å². The summed E-state index contributed by atoms with van der Waals surface area (Å²) in [5.41, 5.74) is 1.81. The first-order chi connectivity index (χ1) is 14.2. The molecule has 1 aliphatic rings. The molecule has 0 N–H and O–H groups in total. The quantitative estimate of drug-likeness (QED) is 0.602. The van der Waals surface area contributed by atoms with Crippen LogP contribution in [-0.4, -0.2) is 61.2 Å². The summed E-state index contributed by atoms with van der Waals surface area (Å²) in [6, 6.07) is 9.44. The largest absolute Gasteiger partial charge is 0.493 e. The Morgan fingerprint density at radius 3 is 2.62 bits per heavy atom. The van der Waals surface area contributed by atoms with Crippen LogP contribution < -0.4 is 14.4 Å². The van der Waals surface area contributed by atoms with Gasteiger partial charge < -0.3 is 19.3 Å². The number of hydrogen-bond donors (Lipinski definition) is 0. The van der Waals surface area contributed by atoms with Gasteiger partial charge in [-0.05, 0) is 35.9 Å². The zero-order valence-corrected chi connectivity index (χ0v) is 17.2. The highest BCUT2D eigenvalue weighted by Crippen LogP contribution is 2.29. The number of thiazole rings is 1. The number of rotatable bonds is 5. The normalized spacial score (nSPS) is 14.6. The van der Waals surface area contributed by atoms with Gasteiger partial charge in [0, 0.05) is 38.5 Å². The van der Waals surface area contributed by atoms with Crippen LogP contribution in [-0.2, 0) is 4.79 Å². The highest BCUT2D eigenvalue weighted by atomic mass is 32.1. The van der Waals surface area contributed by atoms with Gasteiger partial charge in [-0.2, -0.15) is 0 Å². The van der Waals surface area contributed by atoms with E-state index in [0.29, 0.717) is 24.6 Å². The Balaban J connectivity index is 1.37. The van der Waals surface area contributed by atoms with Crippen molar-refractivity contribution in [1.82, 2.24) is 14.9 Å². The summed E-state index contributed by atoms with van der Waals surface area (Å²) in [5.74, 6) is 1.31. The maximum atomic E-state index is 12.6. The van der Waals surface area contributed by atoms with Crippen molar-refractivity contribution in [2.75, 3.05) is 45.3 Å². The fourth-order valence-electron chi connectivity index (χ4n) is 3.24. The van der Waals surface area contributed by atoms with Gasteiger partial charge in [-0.1, -0.05) is 17.4 Å². The van der Waals surface area contributed by atoms with Crippen molar-refractivity contribution >= 4 is 38.8 Å². The van der Waals surface area contributed by atoms with E-state index in [1.165, 1.54) is 0 Å². The Hall–Kier alpha value is -3.13. The molecule has 0 radical (unpaired) electrons. The summed E-state index contributed by atoms with van der Waals surface area (Å²) >= 11 is 1.59. The van der Waals surface area contributed by atoms with Gasteiger partial charge in [0.25, 0.3) is 0 Å². The number of amides is 1. The summed E-state index contributed by atoms with van der Waals surface area (Å²) in [5, 5.41) is 0.965. The van der Waals surface area contributed by atoms with Crippen LogP contribution in [0.2, 0.25) is 0 Å². The lowest BCUT2D eigenvalue weighted by Gasteiger charge is -2.34. The zero-order chi connectivity index (χ0) is 20.2. The van der Waals surface area contributed by atoms with E-state index in [0.717, 1.165) is 34.1 Å². The Morgan fingerprint density at radius 2 is 1.90 bits per heavy atom. The third kappa shape index (κ3) is 4.17. The van der Waals surface area contributed by atoms with Crippen molar-refractivity contribution in [2.45, 2.75) is 0 Å². The van der Waals surface area contributed by atoms with Crippen molar-refractivity contribution in [3.63, 3.8) is 0 Å². The molecule has 0 unspecified atom stereocenters. The number of nitrogens with zero attached hydrogens (tertiary/aromatic N) is 4. The summed E-state index contributed by atoms with van der Waals surface area (Å²) in [6.45, 7) is 2.85. The minimum absolute atomic E-state index is 0.00500. The standard InChI is InChI=1S/C21H22N4O3S/c1-27-17-7-5-15(14-18(17)28-2)6-8-19(26)24-10-12-25(13-11-24)21-23-16-4-3-9-22-20(16)29-21/h3-9,14H,10-13H2,1-2H3/b8-6+. The van der Waals surface area contributed by atoms with Gasteiger partial charge in [0.05, 0.1) is 14.2 Å². The maximum absolute atomic E-state index is 12.6. The number of piperazine rings is 1. The molecule has 0 aliphatic carbocycles. The van der Waals surface area contributed by atoms with Crippen molar-refractivity contribution in [2.24, 2.45) is 0 Å². The molecule has 7 nitrogen and oxygen atoms in total. The lowest BCUT2D eigenvalue weighted by Crippen LogP contribution is -2.48. The predicted octanol–water partition coefficient (Wildman–Crippen LogP) is 3.07. The van der Waals surface area contributed by atoms with Crippen LogP contribution in [0.1, 0.15) is 5.56 Å². The number of ether oxygens (including phenoxy) is 2. The first kappa shape index (κ1) is 19.2. The number of hydrogen-bond acceptors (Lipinski definition) is 7. The molecule has 1 fully saturated rings. The molecular weight excluding hydrogens is 388 g/mol. The van der Waals surface area contributed by atoms with Crippen LogP contribution >= 0.6 is 11.3 Å². The molecule has 0 spiro atoms. The average molecular weight is 410 g/mol. The van der Waals surface area contributed by atoms with E-state index in [1.807, 2.05) is 35.2 Å². The molecule has 1 aromatic carbocycles. The summed E-state index contributed by atoms with van der Waals surface area (Å²) in [7, 11) is 3.19. The van der Waals surface area contributed by atoms with Crippen LogP contribution in [0.5, 0.6) is 11.5 Å². The molecule has 0 atom stereocenters. The van der Waals surface area contributed by atoms with Crippen molar-refractivity contribution in [3.05, 3.63) is 48.2 Å². The van der Waals surface area contributed by atoms with Gasteiger partial charge in [-0.3, -0.25) is 4.79 Å². The molecule has 0 bridgehead atoms. The van der Waals surface area contributed by atoms with E-state index in [-0.39, 0.29) is 5.91 Å². The van der Waals surface area contributed by atoms with Crippen molar-refractivity contribution in [1.29, 1.82) is 0 Å². The molecule has 1 amide bonds. The predicted molar refractivity (Wildman–Crippen MR) is 115 cm³/mol. The van der Waals surface area contributed by atoms with Crippen LogP contribution in [0.3, 0.4) is 0 Å². The number of fused-ring (bicyclic) bond motifs is 1. The molecule has 2 aromatic heterocycles. The Morgan fingerprint density at radius 1 is 1.10 bits per heavy atom. The van der Waals surface area contributed by atoms with Crippen LogP contribution in [0.25, 0.3) is 16.4 Å². The number of carbonyl (C=O) groups excluding carboxylic acids is 1.